The SMILES string of the molecule is CC(C)C1OCCC2NCCC21. The molecule has 0 spiro atoms. The van der Waals surface area contributed by atoms with E-state index >= 15 is 0 Å². The molecule has 70 valence electrons. The van der Waals surface area contributed by atoms with Crippen LogP contribution in [0.5, 0.6) is 0 Å². The monoisotopic (exact) mass is 169 g/mol. The van der Waals surface area contributed by atoms with Crippen molar-refractivity contribution in [2.24, 2.45) is 11.8 Å². The Balaban J connectivity index is 2.03. The second-order valence-corrected chi connectivity index (χ2v) is 4.38. The van der Waals surface area contributed by atoms with Crippen LogP contribution in [0.1, 0.15) is 26.7 Å². The molecule has 1 N–H and O–H groups in total. The summed E-state index contributed by atoms with van der Waals surface area (Å²) in [5.74, 6) is 1.47. The van der Waals surface area contributed by atoms with Crippen molar-refractivity contribution in [2.75, 3.05) is 13.2 Å². The third-order valence-electron chi connectivity index (χ3n) is 3.22. The van der Waals surface area contributed by atoms with Gasteiger partial charge >= 0.3 is 0 Å². The summed E-state index contributed by atoms with van der Waals surface area (Å²) in [4.78, 5) is 0. The van der Waals surface area contributed by atoms with E-state index in [-0.39, 0.29) is 0 Å². The maximum absolute atomic E-state index is 5.81. The van der Waals surface area contributed by atoms with E-state index < -0.39 is 0 Å². The van der Waals surface area contributed by atoms with E-state index in [0.717, 1.165) is 18.6 Å². The Morgan fingerprint density at radius 3 is 2.92 bits per heavy atom. The Morgan fingerprint density at radius 1 is 1.33 bits per heavy atom. The first-order valence-corrected chi connectivity index (χ1v) is 5.14. The van der Waals surface area contributed by atoms with Crippen molar-refractivity contribution in [1.82, 2.24) is 5.32 Å². The van der Waals surface area contributed by atoms with E-state index in [1.54, 1.807) is 0 Å². The molecule has 2 heteroatoms. The highest BCUT2D eigenvalue weighted by Gasteiger charge is 2.38. The van der Waals surface area contributed by atoms with E-state index in [1.807, 2.05) is 0 Å². The van der Waals surface area contributed by atoms with Crippen LogP contribution >= 0.6 is 0 Å². The molecule has 0 radical (unpaired) electrons. The minimum atomic E-state index is 0.513. The zero-order chi connectivity index (χ0) is 8.55. The zero-order valence-corrected chi connectivity index (χ0v) is 8.05. The van der Waals surface area contributed by atoms with E-state index in [4.69, 9.17) is 4.74 Å². The molecule has 3 atom stereocenters. The number of ether oxygens (including phenoxy) is 1. The maximum Gasteiger partial charge on any atom is 0.0641 e. The van der Waals surface area contributed by atoms with Gasteiger partial charge in [-0.1, -0.05) is 13.8 Å². The van der Waals surface area contributed by atoms with Gasteiger partial charge in [-0.25, -0.2) is 0 Å². The lowest BCUT2D eigenvalue weighted by Crippen LogP contribution is -2.43. The van der Waals surface area contributed by atoms with Crippen molar-refractivity contribution in [1.29, 1.82) is 0 Å². The van der Waals surface area contributed by atoms with Crippen molar-refractivity contribution in [3.05, 3.63) is 0 Å². The topological polar surface area (TPSA) is 21.3 Å². The van der Waals surface area contributed by atoms with Gasteiger partial charge in [0.05, 0.1) is 6.10 Å². The van der Waals surface area contributed by atoms with Gasteiger partial charge in [0.1, 0.15) is 0 Å². The fourth-order valence-corrected chi connectivity index (χ4v) is 2.64. The van der Waals surface area contributed by atoms with Crippen LogP contribution in [0.15, 0.2) is 0 Å². The molecule has 2 aliphatic rings. The summed E-state index contributed by atoms with van der Waals surface area (Å²) in [6, 6.07) is 0.756. The minimum Gasteiger partial charge on any atom is -0.378 e. The molecule has 2 saturated heterocycles. The van der Waals surface area contributed by atoms with Gasteiger partial charge in [-0.3, -0.25) is 0 Å². The highest BCUT2D eigenvalue weighted by molar-refractivity contribution is 4.92. The fourth-order valence-electron chi connectivity index (χ4n) is 2.64. The van der Waals surface area contributed by atoms with Crippen LogP contribution in [0.3, 0.4) is 0 Å². The summed E-state index contributed by atoms with van der Waals surface area (Å²) < 4.78 is 5.81. The average molecular weight is 169 g/mol. The Kier molecular flexibility index (Phi) is 2.37. The van der Waals surface area contributed by atoms with Crippen LogP contribution in [0, 0.1) is 11.8 Å². The van der Waals surface area contributed by atoms with Crippen LogP contribution in [0.4, 0.5) is 0 Å². The highest BCUT2D eigenvalue weighted by Crippen LogP contribution is 2.31. The van der Waals surface area contributed by atoms with E-state index in [1.165, 1.54) is 19.4 Å². The van der Waals surface area contributed by atoms with Crippen molar-refractivity contribution in [3.63, 3.8) is 0 Å². The summed E-state index contributed by atoms with van der Waals surface area (Å²) in [7, 11) is 0. The van der Waals surface area contributed by atoms with Crippen molar-refractivity contribution >= 4 is 0 Å². The number of hydrogen-bond acceptors (Lipinski definition) is 2. The minimum absolute atomic E-state index is 0.513. The number of hydrogen-bond donors (Lipinski definition) is 1. The number of fused-ring (bicyclic) bond motifs is 1. The van der Waals surface area contributed by atoms with E-state index in [9.17, 15) is 0 Å². The number of rotatable bonds is 1. The van der Waals surface area contributed by atoms with Crippen molar-refractivity contribution in [2.45, 2.75) is 38.8 Å². The molecule has 0 aromatic heterocycles. The summed E-state index contributed by atoms with van der Waals surface area (Å²) in [5, 5.41) is 3.56. The fraction of sp³-hybridized carbons (Fsp3) is 1.00. The van der Waals surface area contributed by atoms with E-state index in [0.29, 0.717) is 12.0 Å². The predicted octanol–water partition coefficient (Wildman–Crippen LogP) is 1.41. The molecule has 0 aromatic carbocycles. The Hall–Kier alpha value is -0.0800. The maximum atomic E-state index is 5.81. The first-order chi connectivity index (χ1) is 5.79. The third-order valence-corrected chi connectivity index (χ3v) is 3.22. The quantitative estimate of drug-likeness (QED) is 0.641. The van der Waals surface area contributed by atoms with Gasteiger partial charge in [0.2, 0.25) is 0 Å². The molecule has 3 unspecified atom stereocenters. The standard InChI is InChI=1S/C10H19NO/c1-7(2)10-8-3-5-11-9(8)4-6-12-10/h7-11H,3-6H2,1-2H3. The summed E-state index contributed by atoms with van der Waals surface area (Å²) in [6.45, 7) is 6.69. The molecule has 0 bridgehead atoms. The highest BCUT2D eigenvalue weighted by atomic mass is 16.5. The van der Waals surface area contributed by atoms with Crippen molar-refractivity contribution in [3.8, 4) is 0 Å². The van der Waals surface area contributed by atoms with Crippen LogP contribution < -0.4 is 5.32 Å². The molecule has 2 aliphatic heterocycles. The second-order valence-electron chi connectivity index (χ2n) is 4.38. The van der Waals surface area contributed by atoms with Gasteiger partial charge in [-0.05, 0) is 25.3 Å². The molecule has 2 nitrogen and oxygen atoms in total. The molecule has 12 heavy (non-hydrogen) atoms. The van der Waals surface area contributed by atoms with Gasteiger partial charge in [0, 0.05) is 18.6 Å². The van der Waals surface area contributed by atoms with Crippen LogP contribution in [0.25, 0.3) is 0 Å². The van der Waals surface area contributed by atoms with Gasteiger partial charge in [-0.2, -0.15) is 0 Å². The van der Waals surface area contributed by atoms with Gasteiger partial charge in [0.15, 0.2) is 0 Å². The van der Waals surface area contributed by atoms with Gasteiger partial charge in [-0.15, -0.1) is 0 Å². The lowest BCUT2D eigenvalue weighted by atomic mass is 9.84. The average Bonchev–Trinajstić information content (AvgIpc) is 2.49. The van der Waals surface area contributed by atoms with Crippen LogP contribution in [-0.4, -0.2) is 25.3 Å². The van der Waals surface area contributed by atoms with Crippen LogP contribution in [0.2, 0.25) is 0 Å². The van der Waals surface area contributed by atoms with E-state index in [2.05, 4.69) is 19.2 Å². The van der Waals surface area contributed by atoms with Crippen molar-refractivity contribution < 1.29 is 4.74 Å². The molecule has 2 fully saturated rings. The molecular weight excluding hydrogens is 150 g/mol. The second kappa shape index (κ2) is 3.35. The molecule has 2 rings (SSSR count). The molecule has 0 aliphatic carbocycles. The predicted molar refractivity (Wildman–Crippen MR) is 49.1 cm³/mol. The normalized spacial score (nSPS) is 41.8. The third kappa shape index (κ3) is 1.38. The summed E-state index contributed by atoms with van der Waals surface area (Å²) in [5.41, 5.74) is 0. The Bertz CT molecular complexity index is 158. The molecule has 0 saturated carbocycles. The largest absolute Gasteiger partial charge is 0.378 e. The lowest BCUT2D eigenvalue weighted by molar-refractivity contribution is -0.0563. The summed E-state index contributed by atoms with van der Waals surface area (Å²) >= 11 is 0. The zero-order valence-electron chi connectivity index (χ0n) is 8.05. The smallest absolute Gasteiger partial charge is 0.0641 e. The number of nitrogens with one attached hydrogen (secondary N) is 1. The summed E-state index contributed by atoms with van der Waals surface area (Å²) in [6.07, 6.45) is 3.04. The Labute approximate surface area is 74.7 Å². The molecule has 2 heterocycles. The molecule has 0 aromatic rings. The first kappa shape index (κ1) is 8.52. The lowest BCUT2D eigenvalue weighted by Gasteiger charge is -2.36. The Morgan fingerprint density at radius 2 is 2.17 bits per heavy atom. The molecular formula is C10H19NO. The first-order valence-electron chi connectivity index (χ1n) is 5.14. The van der Waals surface area contributed by atoms with Gasteiger partial charge in [0.25, 0.3) is 0 Å². The molecule has 0 amide bonds. The van der Waals surface area contributed by atoms with Gasteiger partial charge < -0.3 is 10.1 Å². The van der Waals surface area contributed by atoms with Crippen LogP contribution in [-0.2, 0) is 4.74 Å².